The molecule has 0 aliphatic rings. The predicted octanol–water partition coefficient (Wildman–Crippen LogP) is 2.01. The minimum Gasteiger partial charge on any atom is -0.493 e. The van der Waals surface area contributed by atoms with E-state index < -0.39 is 16.1 Å². The van der Waals surface area contributed by atoms with Gasteiger partial charge in [0.15, 0.2) is 0 Å². The van der Waals surface area contributed by atoms with Crippen LogP contribution < -0.4 is 9.88 Å². The second-order valence-corrected chi connectivity index (χ2v) is 7.48. The Morgan fingerprint density at radius 2 is 2.11 bits per heavy atom. The monoisotopic (exact) mass is 385 g/mol. The number of benzene rings is 2. The molecule has 3 aromatic rings. The summed E-state index contributed by atoms with van der Waals surface area (Å²) < 4.78 is 28.9. The molecular formula is C19H19N3O4S. The summed E-state index contributed by atoms with van der Waals surface area (Å²) in [5.74, 6) is 6.16. The quantitative estimate of drug-likeness (QED) is 0.594. The maximum atomic E-state index is 11.6. The summed E-state index contributed by atoms with van der Waals surface area (Å²) in [7, 11) is -3.81. The van der Waals surface area contributed by atoms with Crippen LogP contribution in [0.4, 0.5) is 0 Å². The molecule has 0 radical (unpaired) electrons. The molecule has 1 atom stereocenters. The first-order valence-electron chi connectivity index (χ1n) is 8.27. The van der Waals surface area contributed by atoms with Crippen LogP contribution in [0.5, 0.6) is 5.75 Å². The Bertz CT molecular complexity index is 1150. The molecule has 8 heteroatoms. The first-order chi connectivity index (χ1) is 12.8. The predicted molar refractivity (Wildman–Crippen MR) is 103 cm³/mol. The van der Waals surface area contributed by atoms with Gasteiger partial charge in [-0.05, 0) is 38.1 Å². The number of sulfonamides is 1. The van der Waals surface area contributed by atoms with E-state index in [1.54, 1.807) is 31.2 Å². The number of aliphatic hydroxyl groups excluding tert-OH is 1. The summed E-state index contributed by atoms with van der Waals surface area (Å²) in [6.07, 6.45) is -0.756. The lowest BCUT2D eigenvalue weighted by atomic mass is 10.1. The summed E-state index contributed by atoms with van der Waals surface area (Å²) in [4.78, 5) is 0.0144. The van der Waals surface area contributed by atoms with E-state index in [1.165, 1.54) is 12.1 Å². The molecule has 2 aromatic carbocycles. The maximum Gasteiger partial charge on any atom is 0.238 e. The standard InChI is InChI=1S/C19H19N3O4S/c1-3-26-18-11-16-17(10-13(18)8-7-12(2)23)21-22-19(16)14-5-4-6-15(9-14)27(20,24)25/h4-6,9-12,23H,3H2,1-2H3,(H,21,22)(H2,20,24,25). The number of H-pyrrole nitrogens is 1. The van der Waals surface area contributed by atoms with E-state index in [9.17, 15) is 13.5 Å². The number of ether oxygens (including phenoxy) is 1. The van der Waals surface area contributed by atoms with Crippen molar-refractivity contribution >= 4 is 20.9 Å². The summed E-state index contributed by atoms with van der Waals surface area (Å²) in [5, 5.41) is 22.6. The Morgan fingerprint density at radius 3 is 2.78 bits per heavy atom. The van der Waals surface area contributed by atoms with Crippen LogP contribution in [0.1, 0.15) is 19.4 Å². The zero-order valence-corrected chi connectivity index (χ0v) is 15.7. The van der Waals surface area contributed by atoms with Crippen molar-refractivity contribution in [3.05, 3.63) is 42.0 Å². The normalized spacial score (nSPS) is 12.4. The molecule has 3 rings (SSSR count). The van der Waals surface area contributed by atoms with Crippen molar-refractivity contribution in [1.82, 2.24) is 10.2 Å². The van der Waals surface area contributed by atoms with Gasteiger partial charge in [-0.3, -0.25) is 5.10 Å². The van der Waals surface area contributed by atoms with Gasteiger partial charge < -0.3 is 9.84 Å². The highest BCUT2D eigenvalue weighted by atomic mass is 32.2. The Hall–Kier alpha value is -2.86. The second-order valence-electron chi connectivity index (χ2n) is 5.92. The van der Waals surface area contributed by atoms with Crippen LogP contribution in [0.25, 0.3) is 22.2 Å². The van der Waals surface area contributed by atoms with E-state index in [4.69, 9.17) is 9.88 Å². The molecule has 0 fully saturated rings. The van der Waals surface area contributed by atoms with Gasteiger partial charge in [0.1, 0.15) is 17.5 Å². The molecule has 27 heavy (non-hydrogen) atoms. The van der Waals surface area contributed by atoms with Gasteiger partial charge in [-0.2, -0.15) is 5.10 Å². The first-order valence-corrected chi connectivity index (χ1v) is 9.82. The van der Waals surface area contributed by atoms with Crippen LogP contribution in [-0.2, 0) is 10.0 Å². The molecule has 0 saturated heterocycles. The van der Waals surface area contributed by atoms with E-state index in [0.29, 0.717) is 34.7 Å². The smallest absolute Gasteiger partial charge is 0.238 e. The van der Waals surface area contributed by atoms with Crippen molar-refractivity contribution in [2.75, 3.05) is 6.61 Å². The number of fused-ring (bicyclic) bond motifs is 1. The van der Waals surface area contributed by atoms with Gasteiger partial charge in [0.2, 0.25) is 10.0 Å². The van der Waals surface area contributed by atoms with Gasteiger partial charge in [-0.1, -0.05) is 24.0 Å². The summed E-state index contributed by atoms with van der Waals surface area (Å²) in [5.41, 5.74) is 2.52. The Labute approximate surface area is 157 Å². The lowest BCUT2D eigenvalue weighted by Crippen LogP contribution is -2.11. The van der Waals surface area contributed by atoms with E-state index in [2.05, 4.69) is 22.0 Å². The molecule has 1 heterocycles. The number of hydrogen-bond donors (Lipinski definition) is 3. The summed E-state index contributed by atoms with van der Waals surface area (Å²) in [6, 6.07) is 9.87. The number of aromatic nitrogens is 2. The average molecular weight is 385 g/mol. The Morgan fingerprint density at radius 1 is 1.33 bits per heavy atom. The molecule has 1 unspecified atom stereocenters. The highest BCUT2D eigenvalue weighted by Crippen LogP contribution is 2.32. The molecule has 0 amide bonds. The third kappa shape index (κ3) is 4.11. The van der Waals surface area contributed by atoms with Crippen LogP contribution in [0.15, 0.2) is 41.3 Å². The fourth-order valence-corrected chi connectivity index (χ4v) is 3.20. The summed E-state index contributed by atoms with van der Waals surface area (Å²) >= 11 is 0. The van der Waals surface area contributed by atoms with Crippen LogP contribution in [-0.4, -0.2) is 36.4 Å². The van der Waals surface area contributed by atoms with Crippen molar-refractivity contribution in [2.45, 2.75) is 24.8 Å². The number of hydrogen-bond acceptors (Lipinski definition) is 5. The molecule has 0 aliphatic heterocycles. The first kappa shape index (κ1) is 18.9. The van der Waals surface area contributed by atoms with E-state index in [-0.39, 0.29) is 4.90 Å². The zero-order chi connectivity index (χ0) is 19.6. The highest BCUT2D eigenvalue weighted by molar-refractivity contribution is 7.89. The number of aromatic amines is 1. The van der Waals surface area contributed by atoms with Gasteiger partial charge in [-0.25, -0.2) is 13.6 Å². The zero-order valence-electron chi connectivity index (χ0n) is 14.9. The van der Waals surface area contributed by atoms with Crippen molar-refractivity contribution < 1.29 is 18.3 Å². The minimum absolute atomic E-state index is 0.0144. The molecule has 7 nitrogen and oxygen atoms in total. The fraction of sp³-hybridized carbons (Fsp3) is 0.211. The molecule has 0 aliphatic carbocycles. The SMILES string of the molecule is CCOc1cc2c(-c3cccc(S(N)(=O)=O)c3)n[nH]c2cc1C#CC(C)O. The van der Waals surface area contributed by atoms with Crippen molar-refractivity contribution in [3.8, 4) is 28.8 Å². The van der Waals surface area contributed by atoms with Crippen LogP contribution in [0.2, 0.25) is 0 Å². The number of nitrogens with one attached hydrogen (secondary N) is 1. The number of aliphatic hydroxyl groups is 1. The van der Waals surface area contributed by atoms with Gasteiger partial charge in [0.25, 0.3) is 0 Å². The molecule has 0 saturated carbocycles. The maximum absolute atomic E-state index is 11.6. The molecule has 4 N–H and O–H groups in total. The van der Waals surface area contributed by atoms with E-state index in [0.717, 1.165) is 5.39 Å². The molecule has 0 spiro atoms. The lowest BCUT2D eigenvalue weighted by molar-refractivity contribution is 0.253. The lowest BCUT2D eigenvalue weighted by Gasteiger charge is -2.07. The third-order valence-corrected chi connectivity index (χ3v) is 4.73. The van der Waals surface area contributed by atoms with Crippen molar-refractivity contribution in [1.29, 1.82) is 0 Å². The van der Waals surface area contributed by atoms with Crippen LogP contribution >= 0.6 is 0 Å². The number of nitrogens with zero attached hydrogens (tertiary/aromatic N) is 1. The van der Waals surface area contributed by atoms with E-state index in [1.807, 2.05) is 6.92 Å². The Kier molecular flexibility index (Phi) is 5.19. The minimum atomic E-state index is -3.81. The van der Waals surface area contributed by atoms with Crippen molar-refractivity contribution in [3.63, 3.8) is 0 Å². The number of rotatable bonds is 4. The molecular weight excluding hydrogens is 366 g/mol. The summed E-state index contributed by atoms with van der Waals surface area (Å²) in [6.45, 7) is 3.89. The van der Waals surface area contributed by atoms with Crippen LogP contribution in [0, 0.1) is 11.8 Å². The van der Waals surface area contributed by atoms with Gasteiger partial charge >= 0.3 is 0 Å². The van der Waals surface area contributed by atoms with E-state index >= 15 is 0 Å². The second kappa shape index (κ2) is 7.40. The highest BCUT2D eigenvalue weighted by Gasteiger charge is 2.15. The topological polar surface area (TPSA) is 118 Å². The molecule has 140 valence electrons. The largest absolute Gasteiger partial charge is 0.493 e. The van der Waals surface area contributed by atoms with Gasteiger partial charge in [-0.15, -0.1) is 0 Å². The average Bonchev–Trinajstić information content (AvgIpc) is 3.02. The number of primary sulfonamides is 1. The third-order valence-electron chi connectivity index (χ3n) is 3.81. The van der Waals surface area contributed by atoms with Crippen molar-refractivity contribution in [2.24, 2.45) is 5.14 Å². The molecule has 1 aromatic heterocycles. The van der Waals surface area contributed by atoms with Crippen LogP contribution in [0.3, 0.4) is 0 Å². The fourth-order valence-electron chi connectivity index (χ4n) is 2.64. The molecule has 0 bridgehead atoms. The van der Waals surface area contributed by atoms with Gasteiger partial charge in [0, 0.05) is 10.9 Å². The van der Waals surface area contributed by atoms with Gasteiger partial charge in [0.05, 0.1) is 22.6 Å². The Balaban J connectivity index is 2.17. The number of nitrogens with two attached hydrogens (primary N) is 1.